The van der Waals surface area contributed by atoms with Crippen LogP contribution in [0, 0.1) is 0 Å². The minimum Gasteiger partial charge on any atom is -0.504 e. The van der Waals surface area contributed by atoms with E-state index in [2.05, 4.69) is 15.2 Å². The molecule has 2 heterocycles. The normalized spacial score (nSPS) is 12.3. The maximum atomic E-state index is 12.7. The third-order valence-corrected chi connectivity index (χ3v) is 6.30. The number of allylic oxidation sites excluding steroid dienone is 1. The Kier molecular flexibility index (Phi) is 4.71. The molecule has 0 unspecified atom stereocenters. The quantitative estimate of drug-likeness (QED) is 0.390. The number of halogens is 1. The molecule has 25 heavy (non-hydrogen) atoms. The predicted molar refractivity (Wildman–Crippen MR) is 92.5 cm³/mol. The Morgan fingerprint density at radius 1 is 1.24 bits per heavy atom. The Hall–Kier alpha value is -2.49. The van der Waals surface area contributed by atoms with E-state index in [9.17, 15) is 18.3 Å². The van der Waals surface area contributed by atoms with Crippen molar-refractivity contribution in [1.29, 1.82) is 0 Å². The molecule has 3 rings (SSSR count). The number of carbonyl (C=O) groups excluding carboxylic acids is 1. The maximum absolute atomic E-state index is 12.7. The van der Waals surface area contributed by atoms with Crippen molar-refractivity contribution in [2.75, 3.05) is 0 Å². The van der Waals surface area contributed by atoms with Gasteiger partial charge in [-0.05, 0) is 35.7 Å². The first-order valence-electron chi connectivity index (χ1n) is 6.79. The second-order valence-corrected chi connectivity index (χ2v) is 8.06. The Bertz CT molecular complexity index is 1040. The van der Waals surface area contributed by atoms with Gasteiger partial charge in [0.05, 0.1) is 14.7 Å². The molecule has 0 radical (unpaired) electrons. The molecule has 0 fully saturated rings. The molecule has 128 valence electrons. The summed E-state index contributed by atoms with van der Waals surface area (Å²) in [4.78, 5) is 16.0. The standard InChI is InChI=1S/C15H10ClN3O4S2/c16-9-1-3-10(4-2-9)25(22,23)13-5-6-24-14(13)11(20)7-12(21)15-17-8-18-19-15/h1-8,21H,(H,17,18,19). The largest absolute Gasteiger partial charge is 0.504 e. The summed E-state index contributed by atoms with van der Waals surface area (Å²) in [6, 6.07) is 6.99. The lowest BCUT2D eigenvalue weighted by atomic mass is 10.2. The van der Waals surface area contributed by atoms with Crippen molar-refractivity contribution in [2.45, 2.75) is 9.79 Å². The maximum Gasteiger partial charge on any atom is 0.215 e. The Labute approximate surface area is 151 Å². The Morgan fingerprint density at radius 3 is 2.60 bits per heavy atom. The van der Waals surface area contributed by atoms with E-state index in [1.165, 1.54) is 42.0 Å². The van der Waals surface area contributed by atoms with Crippen LogP contribution in [-0.2, 0) is 9.84 Å². The summed E-state index contributed by atoms with van der Waals surface area (Å²) in [5.74, 6) is -1.19. The first kappa shape index (κ1) is 17.3. The van der Waals surface area contributed by atoms with E-state index in [-0.39, 0.29) is 20.5 Å². The highest BCUT2D eigenvalue weighted by molar-refractivity contribution is 7.91. The van der Waals surface area contributed by atoms with Crippen LogP contribution in [0.25, 0.3) is 5.76 Å². The third-order valence-electron chi connectivity index (χ3n) is 3.18. The van der Waals surface area contributed by atoms with Crippen molar-refractivity contribution < 1.29 is 18.3 Å². The van der Waals surface area contributed by atoms with Gasteiger partial charge >= 0.3 is 0 Å². The summed E-state index contributed by atoms with van der Waals surface area (Å²) in [6.07, 6.45) is 2.13. The molecule has 2 aromatic heterocycles. The number of hydrogen-bond acceptors (Lipinski definition) is 7. The van der Waals surface area contributed by atoms with E-state index < -0.39 is 21.4 Å². The van der Waals surface area contributed by atoms with Gasteiger partial charge in [0.2, 0.25) is 21.4 Å². The van der Waals surface area contributed by atoms with Gasteiger partial charge in [0, 0.05) is 11.1 Å². The molecule has 0 saturated carbocycles. The van der Waals surface area contributed by atoms with Crippen molar-refractivity contribution in [2.24, 2.45) is 0 Å². The van der Waals surface area contributed by atoms with E-state index >= 15 is 0 Å². The van der Waals surface area contributed by atoms with Crippen LogP contribution in [0.2, 0.25) is 5.02 Å². The average Bonchev–Trinajstić information content (AvgIpc) is 3.27. The minimum atomic E-state index is -3.90. The van der Waals surface area contributed by atoms with Gasteiger partial charge in [0.25, 0.3) is 0 Å². The third kappa shape index (κ3) is 3.48. The number of carbonyl (C=O) groups is 1. The fraction of sp³-hybridized carbons (Fsp3) is 0. The van der Waals surface area contributed by atoms with Gasteiger partial charge < -0.3 is 5.11 Å². The SMILES string of the molecule is O=C(C=C(O)c1nc[nH]n1)c1sccc1S(=O)(=O)c1ccc(Cl)cc1. The highest BCUT2D eigenvalue weighted by atomic mass is 35.5. The number of sulfone groups is 1. The summed E-state index contributed by atoms with van der Waals surface area (Å²) >= 11 is 6.74. The van der Waals surface area contributed by atoms with E-state index in [0.717, 1.165) is 17.4 Å². The van der Waals surface area contributed by atoms with Crippen LogP contribution < -0.4 is 0 Å². The van der Waals surface area contributed by atoms with Gasteiger partial charge in [-0.15, -0.1) is 11.3 Å². The van der Waals surface area contributed by atoms with Gasteiger partial charge in [-0.1, -0.05) is 11.6 Å². The number of hydrogen-bond donors (Lipinski definition) is 2. The number of aromatic amines is 1. The van der Waals surface area contributed by atoms with Crippen LogP contribution in [0.4, 0.5) is 0 Å². The van der Waals surface area contributed by atoms with Gasteiger partial charge in [0.1, 0.15) is 6.33 Å². The smallest absolute Gasteiger partial charge is 0.215 e. The van der Waals surface area contributed by atoms with Crippen LogP contribution in [0.1, 0.15) is 15.5 Å². The topological polar surface area (TPSA) is 113 Å². The molecule has 10 heteroatoms. The zero-order valence-electron chi connectivity index (χ0n) is 12.4. The van der Waals surface area contributed by atoms with E-state index in [1.807, 2.05) is 0 Å². The number of nitrogens with zero attached hydrogens (tertiary/aromatic N) is 2. The van der Waals surface area contributed by atoms with E-state index in [1.54, 1.807) is 0 Å². The average molecular weight is 396 g/mol. The minimum absolute atomic E-state index is 0.0166. The van der Waals surface area contributed by atoms with Crippen molar-refractivity contribution in [3.63, 3.8) is 0 Å². The number of nitrogens with one attached hydrogen (secondary N) is 1. The number of ketones is 1. The highest BCUT2D eigenvalue weighted by Gasteiger charge is 2.25. The summed E-state index contributed by atoms with van der Waals surface area (Å²) in [5, 5.41) is 17.8. The molecule has 0 bridgehead atoms. The molecule has 0 spiro atoms. The number of aromatic nitrogens is 3. The molecule has 2 N–H and O–H groups in total. The van der Waals surface area contributed by atoms with Gasteiger partial charge in [-0.2, -0.15) is 5.10 Å². The number of H-pyrrole nitrogens is 1. The predicted octanol–water partition coefficient (Wildman–Crippen LogP) is 3.13. The van der Waals surface area contributed by atoms with Crippen LogP contribution >= 0.6 is 22.9 Å². The van der Waals surface area contributed by atoms with Crippen LogP contribution in [0.5, 0.6) is 0 Å². The lowest BCUT2D eigenvalue weighted by Crippen LogP contribution is -2.06. The number of rotatable bonds is 5. The zero-order valence-corrected chi connectivity index (χ0v) is 14.8. The fourth-order valence-corrected chi connectivity index (χ4v) is 4.74. The molecule has 0 aliphatic carbocycles. The number of thiophene rings is 1. The lowest BCUT2D eigenvalue weighted by Gasteiger charge is -2.05. The molecule has 0 amide bonds. The van der Waals surface area contributed by atoms with Crippen molar-refractivity contribution in [3.05, 3.63) is 63.8 Å². The molecular formula is C15H10ClN3O4S2. The molecule has 0 aliphatic rings. The number of aliphatic hydroxyl groups excluding tert-OH is 1. The van der Waals surface area contributed by atoms with Gasteiger partial charge in [0.15, 0.2) is 5.76 Å². The second kappa shape index (κ2) is 6.79. The summed E-state index contributed by atoms with van der Waals surface area (Å²) in [7, 11) is -3.90. The zero-order chi connectivity index (χ0) is 18.0. The van der Waals surface area contributed by atoms with Crippen LogP contribution in [-0.4, -0.2) is 34.5 Å². The fourth-order valence-electron chi connectivity index (χ4n) is 2.02. The number of benzene rings is 1. The number of aliphatic hydroxyl groups is 1. The molecule has 3 aromatic rings. The second-order valence-electron chi connectivity index (χ2n) is 4.79. The van der Waals surface area contributed by atoms with E-state index in [0.29, 0.717) is 5.02 Å². The summed E-state index contributed by atoms with van der Waals surface area (Å²) < 4.78 is 25.5. The molecule has 0 aliphatic heterocycles. The Morgan fingerprint density at radius 2 is 1.96 bits per heavy atom. The van der Waals surface area contributed by atoms with Crippen molar-refractivity contribution >= 4 is 44.3 Å². The van der Waals surface area contributed by atoms with Crippen molar-refractivity contribution in [1.82, 2.24) is 15.2 Å². The molecular weight excluding hydrogens is 386 g/mol. The first-order valence-corrected chi connectivity index (χ1v) is 9.53. The monoisotopic (exact) mass is 395 g/mol. The van der Waals surface area contributed by atoms with E-state index in [4.69, 9.17) is 11.6 Å². The van der Waals surface area contributed by atoms with Gasteiger partial charge in [-0.25, -0.2) is 13.4 Å². The van der Waals surface area contributed by atoms with Crippen LogP contribution in [0.3, 0.4) is 0 Å². The summed E-state index contributed by atoms with van der Waals surface area (Å²) in [5.41, 5.74) is 0. The summed E-state index contributed by atoms with van der Waals surface area (Å²) in [6.45, 7) is 0. The lowest BCUT2D eigenvalue weighted by molar-refractivity contribution is 0.104. The molecule has 0 atom stereocenters. The highest BCUT2D eigenvalue weighted by Crippen LogP contribution is 2.29. The first-order chi connectivity index (χ1) is 11.9. The van der Waals surface area contributed by atoms with Crippen LogP contribution in [0.15, 0.2) is 57.9 Å². The molecule has 7 nitrogen and oxygen atoms in total. The van der Waals surface area contributed by atoms with Gasteiger partial charge in [-0.3, -0.25) is 9.89 Å². The molecule has 0 saturated heterocycles. The molecule has 1 aromatic carbocycles. The Balaban J connectivity index is 1.99. The van der Waals surface area contributed by atoms with Crippen molar-refractivity contribution in [3.8, 4) is 0 Å².